The number of ether oxygens (including phenoxy) is 1. The topological polar surface area (TPSA) is 46.5 Å². The largest absolute Gasteiger partial charge is 0.478 e. The molecule has 2 aromatic rings. The van der Waals surface area contributed by atoms with Gasteiger partial charge in [-0.1, -0.05) is 41.9 Å². The summed E-state index contributed by atoms with van der Waals surface area (Å²) in [4.78, 5) is 11.1. The third-order valence-corrected chi connectivity index (χ3v) is 3.68. The summed E-state index contributed by atoms with van der Waals surface area (Å²) in [5, 5.41) is 9.09. The predicted octanol–water partition coefficient (Wildman–Crippen LogP) is 5.37. The lowest BCUT2D eigenvalue weighted by atomic mass is 10.0. The average Bonchev–Trinajstić information content (AvgIpc) is 2.40. The minimum atomic E-state index is -0.978. The van der Waals surface area contributed by atoms with Crippen molar-refractivity contribution >= 4 is 21.9 Å². The van der Waals surface area contributed by atoms with Gasteiger partial charge in [0.15, 0.2) is 0 Å². The number of hydrogen-bond donors (Lipinski definition) is 1. The van der Waals surface area contributed by atoms with E-state index in [1.807, 2.05) is 19.1 Å². The van der Waals surface area contributed by atoms with Crippen molar-refractivity contribution in [2.24, 2.45) is 0 Å². The molecule has 0 fully saturated rings. The number of rotatable bonds is 4. The fourth-order valence-corrected chi connectivity index (χ4v) is 2.43. The third kappa shape index (κ3) is 3.85. The first-order valence-corrected chi connectivity index (χ1v) is 7.48. The Morgan fingerprint density at radius 3 is 2.52 bits per heavy atom. The van der Waals surface area contributed by atoms with Crippen LogP contribution < -0.4 is 4.74 Å². The van der Waals surface area contributed by atoms with Crippen molar-refractivity contribution in [1.29, 1.82) is 0 Å². The van der Waals surface area contributed by atoms with Gasteiger partial charge in [-0.25, -0.2) is 4.79 Å². The Morgan fingerprint density at radius 2 is 1.90 bits per heavy atom. The van der Waals surface area contributed by atoms with Crippen LogP contribution in [0.2, 0.25) is 0 Å². The van der Waals surface area contributed by atoms with Crippen LogP contribution in [-0.4, -0.2) is 11.1 Å². The van der Waals surface area contributed by atoms with E-state index in [2.05, 4.69) is 35.8 Å². The zero-order valence-electron chi connectivity index (χ0n) is 12.2. The van der Waals surface area contributed by atoms with Gasteiger partial charge in [-0.15, -0.1) is 0 Å². The lowest BCUT2D eigenvalue weighted by Crippen LogP contribution is -1.98. The lowest BCUT2D eigenvalue weighted by Gasteiger charge is -2.13. The second-order valence-electron chi connectivity index (χ2n) is 5.26. The van der Waals surface area contributed by atoms with Gasteiger partial charge in [-0.05, 0) is 48.2 Å². The molecular weight excluding hydrogens is 332 g/mol. The molecular formula is C17H17BrO3. The second kappa shape index (κ2) is 6.31. The third-order valence-electron chi connectivity index (χ3n) is 3.22. The molecule has 0 aliphatic heterocycles. The molecule has 2 rings (SSSR count). The molecule has 0 amide bonds. The van der Waals surface area contributed by atoms with Crippen LogP contribution >= 0.6 is 15.9 Å². The van der Waals surface area contributed by atoms with E-state index in [1.54, 1.807) is 12.1 Å². The number of carboxylic acid groups (broad SMARTS) is 1. The Bertz CT molecular complexity index is 678. The van der Waals surface area contributed by atoms with Crippen molar-refractivity contribution < 1.29 is 14.6 Å². The number of aromatic carboxylic acids is 1. The van der Waals surface area contributed by atoms with Crippen LogP contribution in [0.25, 0.3) is 0 Å². The molecule has 0 aliphatic rings. The molecule has 0 saturated carbocycles. The maximum absolute atomic E-state index is 11.1. The summed E-state index contributed by atoms with van der Waals surface area (Å²) in [5.74, 6) is 0.681. The standard InChI is InChI=1S/C17H17BrO3/c1-10(2)12-5-4-11(3)16(8-12)21-15-7-13(17(19)20)6-14(18)9-15/h4-10H,1-3H3,(H,19,20). The van der Waals surface area contributed by atoms with Crippen LogP contribution in [0.4, 0.5) is 0 Å². The summed E-state index contributed by atoms with van der Waals surface area (Å²) in [6.07, 6.45) is 0. The van der Waals surface area contributed by atoms with Crippen molar-refractivity contribution in [2.45, 2.75) is 26.7 Å². The highest BCUT2D eigenvalue weighted by atomic mass is 79.9. The Labute approximate surface area is 132 Å². The van der Waals surface area contributed by atoms with Gasteiger partial charge in [0.1, 0.15) is 11.5 Å². The molecule has 0 spiro atoms. The molecule has 3 nitrogen and oxygen atoms in total. The van der Waals surface area contributed by atoms with Crippen LogP contribution in [0.1, 0.15) is 41.3 Å². The summed E-state index contributed by atoms with van der Waals surface area (Å²) < 4.78 is 6.55. The van der Waals surface area contributed by atoms with Crippen LogP contribution in [0.15, 0.2) is 40.9 Å². The number of aryl methyl sites for hydroxylation is 1. The summed E-state index contributed by atoms with van der Waals surface area (Å²) in [5.41, 5.74) is 2.39. The molecule has 2 aromatic carbocycles. The summed E-state index contributed by atoms with van der Waals surface area (Å²) in [6.45, 7) is 6.21. The predicted molar refractivity (Wildman–Crippen MR) is 86.4 cm³/mol. The van der Waals surface area contributed by atoms with E-state index >= 15 is 0 Å². The van der Waals surface area contributed by atoms with Crippen molar-refractivity contribution in [3.8, 4) is 11.5 Å². The number of carboxylic acids is 1. The van der Waals surface area contributed by atoms with E-state index in [9.17, 15) is 4.79 Å². The number of carbonyl (C=O) groups is 1. The van der Waals surface area contributed by atoms with Crippen molar-refractivity contribution in [1.82, 2.24) is 0 Å². The monoisotopic (exact) mass is 348 g/mol. The van der Waals surface area contributed by atoms with Crippen molar-refractivity contribution in [3.63, 3.8) is 0 Å². The molecule has 0 heterocycles. The highest BCUT2D eigenvalue weighted by Gasteiger charge is 2.10. The molecule has 110 valence electrons. The molecule has 0 saturated heterocycles. The van der Waals surface area contributed by atoms with Crippen LogP contribution in [0.5, 0.6) is 11.5 Å². The van der Waals surface area contributed by atoms with Gasteiger partial charge >= 0.3 is 5.97 Å². The first kappa shape index (κ1) is 15.6. The van der Waals surface area contributed by atoms with E-state index in [4.69, 9.17) is 9.84 Å². The Balaban J connectivity index is 2.38. The molecule has 0 unspecified atom stereocenters. The second-order valence-corrected chi connectivity index (χ2v) is 6.18. The normalized spacial score (nSPS) is 10.7. The average molecular weight is 349 g/mol. The molecule has 1 N–H and O–H groups in total. The fourth-order valence-electron chi connectivity index (χ4n) is 1.96. The minimum absolute atomic E-state index is 0.192. The van der Waals surface area contributed by atoms with Gasteiger partial charge in [0.05, 0.1) is 5.56 Å². The fraction of sp³-hybridized carbons (Fsp3) is 0.235. The summed E-state index contributed by atoms with van der Waals surface area (Å²) in [7, 11) is 0. The lowest BCUT2D eigenvalue weighted by molar-refractivity contribution is 0.0696. The number of hydrogen-bond acceptors (Lipinski definition) is 2. The molecule has 4 heteroatoms. The molecule has 0 aromatic heterocycles. The zero-order chi connectivity index (χ0) is 15.6. The molecule has 21 heavy (non-hydrogen) atoms. The summed E-state index contributed by atoms with van der Waals surface area (Å²) >= 11 is 3.31. The van der Waals surface area contributed by atoms with E-state index in [0.717, 1.165) is 11.3 Å². The van der Waals surface area contributed by atoms with Crippen LogP contribution in [0.3, 0.4) is 0 Å². The Hall–Kier alpha value is -1.81. The quantitative estimate of drug-likeness (QED) is 0.807. The van der Waals surface area contributed by atoms with E-state index in [1.165, 1.54) is 11.6 Å². The Kier molecular flexibility index (Phi) is 4.68. The van der Waals surface area contributed by atoms with Gasteiger partial charge in [-0.2, -0.15) is 0 Å². The number of benzene rings is 2. The van der Waals surface area contributed by atoms with Crippen LogP contribution in [-0.2, 0) is 0 Å². The van der Waals surface area contributed by atoms with E-state index in [0.29, 0.717) is 16.1 Å². The minimum Gasteiger partial charge on any atom is -0.478 e. The molecule has 0 bridgehead atoms. The van der Waals surface area contributed by atoms with Gasteiger partial charge in [0.2, 0.25) is 0 Å². The Morgan fingerprint density at radius 1 is 1.19 bits per heavy atom. The smallest absolute Gasteiger partial charge is 0.335 e. The van der Waals surface area contributed by atoms with Crippen LogP contribution in [0, 0.1) is 6.92 Å². The maximum Gasteiger partial charge on any atom is 0.335 e. The zero-order valence-corrected chi connectivity index (χ0v) is 13.8. The first-order chi connectivity index (χ1) is 9.86. The maximum atomic E-state index is 11.1. The van der Waals surface area contributed by atoms with Crippen molar-refractivity contribution in [2.75, 3.05) is 0 Å². The molecule has 0 atom stereocenters. The van der Waals surface area contributed by atoms with Gasteiger partial charge in [0, 0.05) is 4.47 Å². The highest BCUT2D eigenvalue weighted by molar-refractivity contribution is 9.10. The van der Waals surface area contributed by atoms with Gasteiger partial charge in [0.25, 0.3) is 0 Å². The van der Waals surface area contributed by atoms with Gasteiger partial charge in [-0.3, -0.25) is 0 Å². The first-order valence-electron chi connectivity index (χ1n) is 6.69. The highest BCUT2D eigenvalue weighted by Crippen LogP contribution is 2.31. The van der Waals surface area contributed by atoms with E-state index in [-0.39, 0.29) is 5.56 Å². The number of halogens is 1. The van der Waals surface area contributed by atoms with Crippen molar-refractivity contribution in [3.05, 3.63) is 57.6 Å². The summed E-state index contributed by atoms with van der Waals surface area (Å²) in [6, 6.07) is 10.9. The van der Waals surface area contributed by atoms with Gasteiger partial charge < -0.3 is 9.84 Å². The molecule has 0 radical (unpaired) electrons. The SMILES string of the molecule is Cc1ccc(C(C)C)cc1Oc1cc(Br)cc(C(=O)O)c1. The molecule has 0 aliphatic carbocycles. The van der Waals surface area contributed by atoms with E-state index < -0.39 is 5.97 Å².